The van der Waals surface area contributed by atoms with Gasteiger partial charge in [-0.3, -0.25) is 33.6 Å². The van der Waals surface area contributed by atoms with Crippen molar-refractivity contribution in [3.63, 3.8) is 0 Å². The number of fused-ring (bicyclic) bond motifs is 2. The number of methoxy groups -OCH3 is 1. The predicted molar refractivity (Wildman–Crippen MR) is 305 cm³/mol. The molecular weight excluding hydrogens is 997 g/mol. The van der Waals surface area contributed by atoms with Crippen molar-refractivity contribution in [1.29, 1.82) is 0 Å². The van der Waals surface area contributed by atoms with Crippen LogP contribution in [0.1, 0.15) is 144 Å². The summed E-state index contributed by atoms with van der Waals surface area (Å²) in [6.07, 6.45) is 3.57. The number of hydrogen-bond acceptors (Lipinski definition) is 9. The van der Waals surface area contributed by atoms with E-state index < -0.39 is 64.9 Å². The molecule has 7 amide bonds. The third kappa shape index (κ3) is 14.3. The number of amides is 7. The van der Waals surface area contributed by atoms with Crippen LogP contribution in [-0.4, -0.2) is 120 Å². The molecule has 1 saturated heterocycles. The van der Waals surface area contributed by atoms with Gasteiger partial charge in [0.25, 0.3) is 5.91 Å². The molecule has 16 nitrogen and oxygen atoms in total. The van der Waals surface area contributed by atoms with Crippen molar-refractivity contribution in [2.24, 2.45) is 16.7 Å². The number of likely N-dealkylation sites (N-methyl/N-ethyl adjacent to an activating group) is 1. The van der Waals surface area contributed by atoms with Gasteiger partial charge in [-0.25, -0.2) is 0 Å². The van der Waals surface area contributed by atoms with Gasteiger partial charge in [0.05, 0.1) is 24.7 Å². The van der Waals surface area contributed by atoms with Crippen LogP contribution in [0.2, 0.25) is 0 Å². The molecule has 1 aliphatic carbocycles. The van der Waals surface area contributed by atoms with Crippen molar-refractivity contribution >= 4 is 41.4 Å². The van der Waals surface area contributed by atoms with Crippen LogP contribution in [0.3, 0.4) is 0 Å². The molecule has 2 aliphatic heterocycles. The van der Waals surface area contributed by atoms with Crippen LogP contribution in [-0.2, 0) is 59.4 Å². The highest BCUT2D eigenvalue weighted by molar-refractivity contribution is 5.97. The van der Waals surface area contributed by atoms with Crippen molar-refractivity contribution < 1.29 is 38.3 Å². The first kappa shape index (κ1) is 59.7. The second-order valence-electron chi connectivity index (χ2n) is 24.0. The highest BCUT2D eigenvalue weighted by Gasteiger charge is 2.47. The number of likely N-dealkylation sites (tertiary alicyclic amines) is 1. The molecule has 9 atom stereocenters. The Balaban J connectivity index is 1.16. The quantitative estimate of drug-likeness (QED) is 0.0659. The smallest absolute Gasteiger partial charge is 0.251 e. The molecule has 0 unspecified atom stereocenters. The Morgan fingerprint density at radius 3 is 1.92 bits per heavy atom. The molecule has 0 bridgehead atoms. The number of rotatable bonds is 19. The summed E-state index contributed by atoms with van der Waals surface area (Å²) >= 11 is 0. The molecular formula is C63H84N8O8. The van der Waals surface area contributed by atoms with E-state index in [1.807, 2.05) is 128 Å². The zero-order valence-electron chi connectivity index (χ0n) is 48.2. The molecule has 3 aliphatic rings. The first-order valence-corrected chi connectivity index (χ1v) is 28.1. The Morgan fingerprint density at radius 2 is 1.30 bits per heavy atom. The predicted octanol–water partition coefficient (Wildman–Crippen LogP) is 6.97. The topological polar surface area (TPSA) is 199 Å². The van der Waals surface area contributed by atoms with Crippen molar-refractivity contribution in [2.45, 2.75) is 162 Å². The third-order valence-electron chi connectivity index (χ3n) is 16.1. The Hall–Kier alpha value is -6.91. The number of hydrogen-bond donors (Lipinski definition) is 5. The van der Waals surface area contributed by atoms with Crippen LogP contribution in [0.4, 0.5) is 0 Å². The van der Waals surface area contributed by atoms with Gasteiger partial charge in [0, 0.05) is 50.7 Å². The molecule has 79 heavy (non-hydrogen) atoms. The maximum Gasteiger partial charge on any atom is 0.251 e. The summed E-state index contributed by atoms with van der Waals surface area (Å²) in [5.41, 5.74) is 4.58. The van der Waals surface area contributed by atoms with Crippen molar-refractivity contribution in [2.75, 3.05) is 27.3 Å². The fourth-order valence-corrected chi connectivity index (χ4v) is 11.0. The zero-order valence-corrected chi connectivity index (χ0v) is 48.2. The summed E-state index contributed by atoms with van der Waals surface area (Å²) in [4.78, 5) is 106. The number of nitrogens with zero attached hydrogens (tertiary/aromatic N) is 3. The van der Waals surface area contributed by atoms with Gasteiger partial charge in [0.1, 0.15) is 24.2 Å². The van der Waals surface area contributed by atoms with E-state index in [0.717, 1.165) is 41.5 Å². The van der Waals surface area contributed by atoms with Gasteiger partial charge in [-0.05, 0) is 102 Å². The van der Waals surface area contributed by atoms with Crippen LogP contribution >= 0.6 is 0 Å². The SMILES string of the molecule is CC[C@@H](C)C(=O)N[C@H](C(=O)N1Cc2ccccc2C[C@H]1C(=O)N(Cc1ccc(C(=O)N[C@H]2C[C@@H](C(=O)N[C@@H]3CCCc4ccccc43)N(C(=O)[C@@H](NC(=O)[C@H](C)NC)C(C)(C)C)C2)cc1)[C@@H](COC)c1ccccc1)C(C)(C)C. The summed E-state index contributed by atoms with van der Waals surface area (Å²) < 4.78 is 5.83. The molecule has 0 spiro atoms. The maximum absolute atomic E-state index is 15.7. The minimum atomic E-state index is -0.972. The van der Waals surface area contributed by atoms with Crippen molar-refractivity contribution in [1.82, 2.24) is 41.3 Å². The summed E-state index contributed by atoms with van der Waals surface area (Å²) in [7, 11) is 3.25. The molecule has 2 heterocycles. The second-order valence-corrected chi connectivity index (χ2v) is 24.0. The van der Waals surface area contributed by atoms with E-state index >= 15 is 9.59 Å². The van der Waals surface area contributed by atoms with Crippen LogP contribution in [0.5, 0.6) is 0 Å². The van der Waals surface area contributed by atoms with Gasteiger partial charge in [-0.1, -0.05) is 146 Å². The lowest BCUT2D eigenvalue weighted by atomic mass is 9.83. The number of nitrogens with one attached hydrogen (secondary N) is 5. The summed E-state index contributed by atoms with van der Waals surface area (Å²) in [5.74, 6) is -2.68. The van der Waals surface area contributed by atoms with Crippen LogP contribution < -0.4 is 26.6 Å². The number of benzene rings is 4. The lowest BCUT2D eigenvalue weighted by Crippen LogP contribution is -2.61. The number of aryl methyl sites for hydroxylation is 1. The first-order valence-electron chi connectivity index (χ1n) is 28.1. The molecule has 0 saturated carbocycles. The molecule has 5 N–H and O–H groups in total. The molecule has 0 aromatic heterocycles. The number of ether oxygens (including phenoxy) is 1. The normalized spacial score (nSPS) is 20.0. The Kier molecular flexibility index (Phi) is 19.6. The Labute approximate surface area is 467 Å². The number of carbonyl (C=O) groups excluding carboxylic acids is 7. The van der Waals surface area contributed by atoms with Crippen molar-refractivity contribution in [3.05, 3.63) is 142 Å². The molecule has 7 rings (SSSR count). The average Bonchev–Trinajstić information content (AvgIpc) is 3.93. The highest BCUT2D eigenvalue weighted by Crippen LogP contribution is 2.35. The van der Waals surface area contributed by atoms with Gasteiger partial charge in [-0.2, -0.15) is 0 Å². The van der Waals surface area contributed by atoms with Gasteiger partial charge in [0.15, 0.2) is 0 Å². The third-order valence-corrected chi connectivity index (χ3v) is 16.1. The zero-order chi connectivity index (χ0) is 57.3. The van der Waals surface area contributed by atoms with Gasteiger partial charge in [0.2, 0.25) is 35.4 Å². The minimum absolute atomic E-state index is 0.0371. The molecule has 4 aromatic carbocycles. The van der Waals surface area contributed by atoms with E-state index in [1.165, 1.54) is 10.5 Å². The average molecular weight is 1080 g/mol. The maximum atomic E-state index is 15.7. The first-order chi connectivity index (χ1) is 37.5. The fraction of sp³-hybridized carbons (Fsp3) is 0.508. The van der Waals surface area contributed by atoms with Crippen LogP contribution in [0, 0.1) is 16.7 Å². The Morgan fingerprint density at radius 1 is 0.709 bits per heavy atom. The highest BCUT2D eigenvalue weighted by atomic mass is 16.5. The molecule has 1 fully saturated rings. The van der Waals surface area contributed by atoms with Crippen LogP contribution in [0.25, 0.3) is 0 Å². The van der Waals surface area contributed by atoms with E-state index in [0.29, 0.717) is 17.5 Å². The van der Waals surface area contributed by atoms with Crippen LogP contribution in [0.15, 0.2) is 103 Å². The molecule has 424 valence electrons. The van der Waals surface area contributed by atoms with E-state index in [-0.39, 0.29) is 80.6 Å². The lowest BCUT2D eigenvalue weighted by molar-refractivity contribution is -0.153. The molecule has 0 radical (unpaired) electrons. The fourth-order valence-electron chi connectivity index (χ4n) is 11.0. The van der Waals surface area contributed by atoms with E-state index in [2.05, 4.69) is 32.7 Å². The van der Waals surface area contributed by atoms with E-state index in [1.54, 1.807) is 55.1 Å². The molecule has 16 heteroatoms. The minimum Gasteiger partial charge on any atom is -0.382 e. The van der Waals surface area contributed by atoms with E-state index in [4.69, 9.17) is 4.74 Å². The van der Waals surface area contributed by atoms with Gasteiger partial charge in [-0.15, -0.1) is 0 Å². The summed E-state index contributed by atoms with van der Waals surface area (Å²) in [5, 5.41) is 15.3. The standard InChI is InChI=1S/C63H84N8O8/c1-12-39(2)55(72)67-53(62(4,5)6)60(77)70-36-46-25-17-16-24-45(46)33-51(70)59(76)69(52(38-79-11)43-22-14-13-15-23-43)35-41-29-31-44(32-30-41)57(74)65-47-34-50(58(75)66-49-28-20-26-42-21-18-19-27-48(42)49)71(37-47)61(78)54(63(7,8)9)68-56(73)40(3)64-10/h13-19,21-25,27,29-32,39-40,47,49-54,64H,12,20,26,28,33-38H2,1-11H3,(H,65,74)(H,66,75)(H,67,72)(H,68,73)/t39-,40+,47+,49-,50+,51+,52+,53-,54-/m1/s1. The monoisotopic (exact) mass is 1080 g/mol. The van der Waals surface area contributed by atoms with Gasteiger partial charge >= 0.3 is 0 Å². The summed E-state index contributed by atoms with van der Waals surface area (Å²) in [6.45, 7) is 17.3. The van der Waals surface area contributed by atoms with Gasteiger partial charge < -0.3 is 46.0 Å². The van der Waals surface area contributed by atoms with Crippen molar-refractivity contribution in [3.8, 4) is 0 Å². The molecule has 4 aromatic rings. The summed E-state index contributed by atoms with van der Waals surface area (Å²) in [6, 6.07) is 26.7. The second kappa shape index (κ2) is 25.9. The lowest BCUT2D eigenvalue weighted by Gasteiger charge is -2.44. The Bertz CT molecular complexity index is 2810. The largest absolute Gasteiger partial charge is 0.382 e. The number of carbonyl (C=O) groups is 7. The van der Waals surface area contributed by atoms with E-state index in [9.17, 15) is 24.0 Å².